The number of ether oxygens (including phenoxy) is 1. The number of rotatable bonds is 6. The topological polar surface area (TPSA) is 88.5 Å². The van der Waals surface area contributed by atoms with Gasteiger partial charge in [-0.15, -0.1) is 0 Å². The van der Waals surface area contributed by atoms with Gasteiger partial charge in [-0.3, -0.25) is 5.41 Å². The van der Waals surface area contributed by atoms with Crippen molar-refractivity contribution >= 4 is 33.8 Å². The highest BCUT2D eigenvalue weighted by Gasteiger charge is 2.31. The van der Waals surface area contributed by atoms with Crippen LogP contribution in [0.5, 0.6) is 5.75 Å². The summed E-state index contributed by atoms with van der Waals surface area (Å²) in [5.74, 6) is 1.72. The third-order valence-electron chi connectivity index (χ3n) is 6.15. The molecule has 0 bridgehead atoms. The molecule has 2 aliphatic heterocycles. The zero-order chi connectivity index (χ0) is 22.1. The lowest BCUT2D eigenvalue weighted by Crippen LogP contribution is -2.29. The standard InChI is InChI=1S/C25H29N5O2/c1-2-14-32-19-9-6-17(7-10-19)30-16-22(31)23(24(30)26)25-27-20-11-8-18(15-21(20)28-25)29-12-4-3-5-13-29/h6-11,15,26,31H,2-5,12-14,16H2,1H3,(H,27,28). The number of aliphatic hydroxyl groups excluding tert-OH is 1. The summed E-state index contributed by atoms with van der Waals surface area (Å²) in [7, 11) is 0. The second-order valence-electron chi connectivity index (χ2n) is 8.43. The maximum atomic E-state index is 10.7. The summed E-state index contributed by atoms with van der Waals surface area (Å²) in [6.07, 6.45) is 4.71. The Morgan fingerprint density at radius 3 is 2.56 bits per heavy atom. The summed E-state index contributed by atoms with van der Waals surface area (Å²) in [5, 5.41) is 19.4. The Labute approximate surface area is 187 Å². The van der Waals surface area contributed by atoms with E-state index in [1.54, 1.807) is 4.90 Å². The molecule has 0 unspecified atom stereocenters. The molecule has 2 aromatic carbocycles. The van der Waals surface area contributed by atoms with Crippen molar-refractivity contribution < 1.29 is 9.84 Å². The Hall–Kier alpha value is -3.48. The van der Waals surface area contributed by atoms with E-state index in [9.17, 15) is 5.11 Å². The predicted octanol–water partition coefficient (Wildman–Crippen LogP) is 5.11. The Balaban J connectivity index is 1.38. The molecule has 0 aliphatic carbocycles. The van der Waals surface area contributed by atoms with Crippen LogP contribution in [0.25, 0.3) is 16.6 Å². The van der Waals surface area contributed by atoms with Crippen LogP contribution in [0.4, 0.5) is 11.4 Å². The molecule has 2 aliphatic rings. The first-order valence-corrected chi connectivity index (χ1v) is 11.4. The van der Waals surface area contributed by atoms with Gasteiger partial charge in [0.15, 0.2) is 0 Å². The Kier molecular flexibility index (Phi) is 5.47. The highest BCUT2D eigenvalue weighted by molar-refractivity contribution is 6.30. The maximum Gasteiger partial charge on any atom is 0.145 e. The van der Waals surface area contributed by atoms with Gasteiger partial charge in [0.1, 0.15) is 23.2 Å². The minimum Gasteiger partial charge on any atom is -0.509 e. The smallest absolute Gasteiger partial charge is 0.145 e. The number of imidazole rings is 1. The third kappa shape index (κ3) is 3.79. The van der Waals surface area contributed by atoms with Crippen LogP contribution >= 0.6 is 0 Å². The second kappa shape index (κ2) is 8.57. The number of hydrogen-bond acceptors (Lipinski definition) is 5. The van der Waals surface area contributed by atoms with Gasteiger partial charge in [-0.05, 0) is 68.1 Å². The minimum atomic E-state index is 0.150. The third-order valence-corrected chi connectivity index (χ3v) is 6.15. The van der Waals surface area contributed by atoms with Gasteiger partial charge in [0.05, 0.1) is 29.8 Å². The summed E-state index contributed by atoms with van der Waals surface area (Å²) in [6.45, 7) is 5.17. The number of aliphatic hydroxyl groups is 1. The van der Waals surface area contributed by atoms with E-state index in [2.05, 4.69) is 33.9 Å². The fraction of sp³-hybridized carbons (Fsp3) is 0.360. The quantitative estimate of drug-likeness (QED) is 0.505. The molecule has 32 heavy (non-hydrogen) atoms. The zero-order valence-electron chi connectivity index (χ0n) is 18.4. The lowest BCUT2D eigenvalue weighted by molar-refractivity contribution is 0.317. The van der Waals surface area contributed by atoms with E-state index in [1.165, 1.54) is 24.9 Å². The lowest BCUT2D eigenvalue weighted by atomic mass is 10.1. The van der Waals surface area contributed by atoms with Gasteiger partial charge < -0.3 is 24.6 Å². The van der Waals surface area contributed by atoms with E-state index in [0.717, 1.165) is 42.0 Å². The Morgan fingerprint density at radius 2 is 1.81 bits per heavy atom. The molecule has 7 heteroatoms. The maximum absolute atomic E-state index is 10.7. The SMILES string of the molecule is CCCOc1ccc(N2CC(O)=C(c3nc4ccc(N5CCCCC5)cc4[nH]3)C2=N)cc1. The summed E-state index contributed by atoms with van der Waals surface area (Å²) < 4.78 is 5.65. The molecule has 0 saturated carbocycles. The van der Waals surface area contributed by atoms with Crippen molar-refractivity contribution in [3.63, 3.8) is 0 Å². The molecule has 166 valence electrons. The number of anilines is 2. The summed E-state index contributed by atoms with van der Waals surface area (Å²) >= 11 is 0. The van der Waals surface area contributed by atoms with Crippen LogP contribution in [0, 0.1) is 5.41 Å². The number of nitrogens with zero attached hydrogens (tertiary/aromatic N) is 3. The molecule has 0 radical (unpaired) electrons. The fourth-order valence-corrected chi connectivity index (χ4v) is 4.46. The largest absolute Gasteiger partial charge is 0.509 e. The van der Waals surface area contributed by atoms with E-state index >= 15 is 0 Å². The predicted molar refractivity (Wildman–Crippen MR) is 129 cm³/mol. The Morgan fingerprint density at radius 1 is 1.06 bits per heavy atom. The number of aromatic nitrogens is 2. The monoisotopic (exact) mass is 431 g/mol. The van der Waals surface area contributed by atoms with Gasteiger partial charge >= 0.3 is 0 Å². The number of fused-ring (bicyclic) bond motifs is 1. The molecule has 0 spiro atoms. The number of amidine groups is 1. The van der Waals surface area contributed by atoms with Crippen LogP contribution in [0.3, 0.4) is 0 Å². The first-order chi connectivity index (χ1) is 15.6. The zero-order valence-corrected chi connectivity index (χ0v) is 18.4. The van der Waals surface area contributed by atoms with E-state index in [-0.39, 0.29) is 18.1 Å². The number of aromatic amines is 1. The van der Waals surface area contributed by atoms with E-state index in [1.807, 2.05) is 30.3 Å². The fourth-order valence-electron chi connectivity index (χ4n) is 4.46. The number of H-pyrrole nitrogens is 1. The van der Waals surface area contributed by atoms with Crippen molar-refractivity contribution in [1.82, 2.24) is 9.97 Å². The average molecular weight is 432 g/mol. The molecule has 7 nitrogen and oxygen atoms in total. The number of nitrogens with one attached hydrogen (secondary N) is 2. The average Bonchev–Trinajstić information content (AvgIpc) is 3.37. The molecule has 1 aromatic heterocycles. The van der Waals surface area contributed by atoms with Crippen molar-refractivity contribution in [2.75, 3.05) is 36.0 Å². The normalized spacial score (nSPS) is 17.0. The van der Waals surface area contributed by atoms with Crippen molar-refractivity contribution in [2.24, 2.45) is 0 Å². The van der Waals surface area contributed by atoms with Crippen LogP contribution in [0.2, 0.25) is 0 Å². The van der Waals surface area contributed by atoms with Crippen LogP contribution in [0.1, 0.15) is 38.4 Å². The molecule has 3 aromatic rings. The minimum absolute atomic E-state index is 0.150. The highest BCUT2D eigenvalue weighted by atomic mass is 16.5. The molecule has 0 amide bonds. The van der Waals surface area contributed by atoms with Crippen LogP contribution in [-0.4, -0.2) is 47.2 Å². The first-order valence-electron chi connectivity index (χ1n) is 11.4. The van der Waals surface area contributed by atoms with Gasteiger partial charge in [0.2, 0.25) is 0 Å². The van der Waals surface area contributed by atoms with Gasteiger partial charge in [0, 0.05) is 24.5 Å². The molecular formula is C25H29N5O2. The molecule has 3 heterocycles. The van der Waals surface area contributed by atoms with Gasteiger partial charge in [-0.1, -0.05) is 6.92 Å². The van der Waals surface area contributed by atoms with Crippen LogP contribution in [0.15, 0.2) is 48.2 Å². The van der Waals surface area contributed by atoms with Crippen molar-refractivity contribution in [1.29, 1.82) is 5.41 Å². The van der Waals surface area contributed by atoms with Gasteiger partial charge in [-0.2, -0.15) is 0 Å². The molecule has 0 atom stereocenters. The lowest BCUT2D eigenvalue weighted by Gasteiger charge is -2.28. The number of piperidine rings is 1. The molecule has 3 N–H and O–H groups in total. The van der Waals surface area contributed by atoms with E-state index in [4.69, 9.17) is 10.1 Å². The molecular weight excluding hydrogens is 402 g/mol. The van der Waals surface area contributed by atoms with Crippen molar-refractivity contribution in [2.45, 2.75) is 32.6 Å². The molecule has 1 saturated heterocycles. The molecule has 5 rings (SSSR count). The van der Waals surface area contributed by atoms with Gasteiger partial charge in [-0.25, -0.2) is 4.98 Å². The molecule has 1 fully saturated rings. The summed E-state index contributed by atoms with van der Waals surface area (Å²) in [4.78, 5) is 12.2. The van der Waals surface area contributed by atoms with Crippen LogP contribution in [-0.2, 0) is 0 Å². The summed E-state index contributed by atoms with van der Waals surface area (Å²) in [5.41, 5.74) is 4.24. The number of hydrogen-bond donors (Lipinski definition) is 3. The number of benzene rings is 2. The van der Waals surface area contributed by atoms with Crippen LogP contribution < -0.4 is 14.5 Å². The second-order valence-corrected chi connectivity index (χ2v) is 8.43. The highest BCUT2D eigenvalue weighted by Crippen LogP contribution is 2.32. The van der Waals surface area contributed by atoms with E-state index in [0.29, 0.717) is 18.0 Å². The first kappa shape index (κ1) is 20.4. The van der Waals surface area contributed by atoms with Crippen molar-refractivity contribution in [3.05, 3.63) is 54.0 Å². The van der Waals surface area contributed by atoms with Crippen molar-refractivity contribution in [3.8, 4) is 5.75 Å². The summed E-state index contributed by atoms with van der Waals surface area (Å²) in [6, 6.07) is 13.9. The van der Waals surface area contributed by atoms with E-state index < -0.39 is 0 Å². The Bertz CT molecular complexity index is 1160. The van der Waals surface area contributed by atoms with Gasteiger partial charge in [0.25, 0.3) is 0 Å².